The first kappa shape index (κ1) is 23.5. The smallest absolute Gasteiger partial charge is 0.305 e. The predicted molar refractivity (Wildman–Crippen MR) is 109 cm³/mol. The number of hydrogen-bond donors (Lipinski definition) is 0. The first-order valence-corrected chi connectivity index (χ1v) is 10.5. The molecule has 0 saturated carbocycles. The van der Waals surface area contributed by atoms with Gasteiger partial charge in [-0.05, 0) is 30.5 Å². The van der Waals surface area contributed by atoms with Gasteiger partial charge in [-0.1, -0.05) is 69.2 Å². The molecular formula is C22H33ClO4. The number of ether oxygens (including phenoxy) is 2. The van der Waals surface area contributed by atoms with Crippen molar-refractivity contribution in [3.8, 4) is 0 Å². The third kappa shape index (κ3) is 13.3. The first-order valence-electron chi connectivity index (χ1n) is 10.2. The van der Waals surface area contributed by atoms with Gasteiger partial charge in [0.25, 0.3) is 0 Å². The molecule has 0 fully saturated rings. The first-order chi connectivity index (χ1) is 13.1. The van der Waals surface area contributed by atoms with Crippen molar-refractivity contribution in [3.05, 3.63) is 34.9 Å². The van der Waals surface area contributed by atoms with Gasteiger partial charge in [0.1, 0.15) is 0 Å². The Morgan fingerprint density at radius 2 is 1.33 bits per heavy atom. The van der Waals surface area contributed by atoms with Crippen LogP contribution in [-0.2, 0) is 25.5 Å². The zero-order valence-corrected chi connectivity index (χ0v) is 17.3. The van der Waals surface area contributed by atoms with Crippen LogP contribution in [-0.4, -0.2) is 25.2 Å². The van der Waals surface area contributed by atoms with Crippen LogP contribution in [0, 0.1) is 0 Å². The highest BCUT2D eigenvalue weighted by atomic mass is 35.5. The minimum absolute atomic E-state index is 0.227. The topological polar surface area (TPSA) is 52.6 Å². The molecule has 0 radical (unpaired) electrons. The lowest BCUT2D eigenvalue weighted by Gasteiger charge is -2.06. The van der Waals surface area contributed by atoms with Crippen LogP contribution >= 0.6 is 11.6 Å². The van der Waals surface area contributed by atoms with E-state index in [1.165, 1.54) is 32.1 Å². The molecule has 0 aliphatic rings. The lowest BCUT2D eigenvalue weighted by molar-refractivity contribution is -0.145. The van der Waals surface area contributed by atoms with E-state index in [0.717, 1.165) is 18.4 Å². The number of halogens is 1. The van der Waals surface area contributed by atoms with Crippen LogP contribution in [0.15, 0.2) is 24.3 Å². The molecule has 27 heavy (non-hydrogen) atoms. The molecule has 0 heterocycles. The Hall–Kier alpha value is -1.55. The molecule has 0 bridgehead atoms. The van der Waals surface area contributed by atoms with Gasteiger partial charge in [-0.15, -0.1) is 0 Å². The number of unbranched alkanes of at least 4 members (excludes halogenated alkanes) is 6. The summed E-state index contributed by atoms with van der Waals surface area (Å²) in [6.07, 6.45) is 10.00. The molecule has 0 N–H and O–H groups in total. The standard InChI is InChI=1S/C22H33ClO4/c1-2-3-4-5-6-7-8-17-26-21(24)10-9-11-22(25)27-18-16-19-12-14-20(23)15-13-19/h12-15H,2-11,16-18H2,1H3. The van der Waals surface area contributed by atoms with Crippen molar-refractivity contribution in [2.24, 2.45) is 0 Å². The van der Waals surface area contributed by atoms with Gasteiger partial charge in [0.2, 0.25) is 0 Å². The zero-order chi connectivity index (χ0) is 19.7. The van der Waals surface area contributed by atoms with Gasteiger partial charge in [-0.3, -0.25) is 9.59 Å². The van der Waals surface area contributed by atoms with E-state index < -0.39 is 0 Å². The summed E-state index contributed by atoms with van der Waals surface area (Å²) < 4.78 is 10.4. The molecule has 0 unspecified atom stereocenters. The van der Waals surface area contributed by atoms with Crippen LogP contribution in [0.3, 0.4) is 0 Å². The van der Waals surface area contributed by atoms with Crippen molar-refractivity contribution in [1.82, 2.24) is 0 Å². The molecule has 1 aromatic rings. The molecule has 152 valence electrons. The average molecular weight is 397 g/mol. The highest BCUT2D eigenvalue weighted by Gasteiger charge is 2.07. The van der Waals surface area contributed by atoms with Crippen LogP contribution in [0.2, 0.25) is 5.02 Å². The van der Waals surface area contributed by atoms with Gasteiger partial charge in [0.05, 0.1) is 13.2 Å². The van der Waals surface area contributed by atoms with Gasteiger partial charge in [0, 0.05) is 24.3 Å². The lowest BCUT2D eigenvalue weighted by atomic mass is 10.1. The molecule has 0 atom stereocenters. The van der Waals surface area contributed by atoms with Crippen LogP contribution < -0.4 is 0 Å². The van der Waals surface area contributed by atoms with E-state index in [-0.39, 0.29) is 24.8 Å². The molecule has 0 aliphatic heterocycles. The van der Waals surface area contributed by atoms with Gasteiger partial charge in [0.15, 0.2) is 0 Å². The Morgan fingerprint density at radius 1 is 0.778 bits per heavy atom. The quantitative estimate of drug-likeness (QED) is 0.274. The average Bonchev–Trinajstić information content (AvgIpc) is 2.65. The molecule has 4 nitrogen and oxygen atoms in total. The SMILES string of the molecule is CCCCCCCCCOC(=O)CCCC(=O)OCCc1ccc(Cl)cc1. The van der Waals surface area contributed by atoms with Crippen LogP contribution in [0.4, 0.5) is 0 Å². The fourth-order valence-corrected chi connectivity index (χ4v) is 2.83. The highest BCUT2D eigenvalue weighted by molar-refractivity contribution is 6.30. The molecule has 1 rings (SSSR count). The minimum Gasteiger partial charge on any atom is -0.466 e. The van der Waals surface area contributed by atoms with Gasteiger partial charge in [-0.25, -0.2) is 0 Å². The minimum atomic E-state index is -0.274. The van der Waals surface area contributed by atoms with Gasteiger partial charge >= 0.3 is 11.9 Å². The van der Waals surface area contributed by atoms with E-state index in [2.05, 4.69) is 6.92 Å². The summed E-state index contributed by atoms with van der Waals surface area (Å²) in [5, 5.41) is 0.689. The largest absolute Gasteiger partial charge is 0.466 e. The van der Waals surface area contributed by atoms with Crippen molar-refractivity contribution >= 4 is 23.5 Å². The van der Waals surface area contributed by atoms with Crippen molar-refractivity contribution in [2.75, 3.05) is 13.2 Å². The van der Waals surface area contributed by atoms with E-state index in [1.807, 2.05) is 24.3 Å². The summed E-state index contributed by atoms with van der Waals surface area (Å²) in [7, 11) is 0. The van der Waals surface area contributed by atoms with E-state index in [1.54, 1.807) is 0 Å². The molecule has 5 heteroatoms. The number of hydrogen-bond acceptors (Lipinski definition) is 4. The number of carbonyl (C=O) groups is 2. The van der Waals surface area contributed by atoms with Gasteiger partial charge in [-0.2, -0.15) is 0 Å². The van der Waals surface area contributed by atoms with E-state index >= 15 is 0 Å². The van der Waals surface area contributed by atoms with Gasteiger partial charge < -0.3 is 9.47 Å². The maximum atomic E-state index is 11.7. The number of esters is 2. The number of benzene rings is 1. The normalized spacial score (nSPS) is 10.6. The summed E-state index contributed by atoms with van der Waals surface area (Å²) >= 11 is 5.83. The van der Waals surface area contributed by atoms with E-state index in [9.17, 15) is 9.59 Å². The fraction of sp³-hybridized carbons (Fsp3) is 0.636. The zero-order valence-electron chi connectivity index (χ0n) is 16.5. The second kappa shape index (κ2) is 15.5. The molecule has 0 saturated heterocycles. The van der Waals surface area contributed by atoms with Crippen LogP contribution in [0.25, 0.3) is 0 Å². The predicted octanol–water partition coefficient (Wildman–Crippen LogP) is 5.89. The summed E-state index contributed by atoms with van der Waals surface area (Å²) in [4.78, 5) is 23.3. The Balaban J connectivity index is 1.94. The Morgan fingerprint density at radius 3 is 1.96 bits per heavy atom. The Labute approximate surface area is 168 Å². The molecule has 0 spiro atoms. The van der Waals surface area contributed by atoms with Crippen molar-refractivity contribution < 1.29 is 19.1 Å². The summed E-state index contributed by atoms with van der Waals surface area (Å²) in [5.41, 5.74) is 1.07. The third-order valence-electron chi connectivity index (χ3n) is 4.34. The Bertz CT molecular complexity index is 528. The number of carbonyl (C=O) groups excluding carboxylic acids is 2. The fourth-order valence-electron chi connectivity index (χ4n) is 2.70. The molecule has 0 aliphatic carbocycles. The van der Waals surface area contributed by atoms with Crippen molar-refractivity contribution in [1.29, 1.82) is 0 Å². The Kier molecular flexibility index (Phi) is 13.5. The maximum Gasteiger partial charge on any atom is 0.305 e. The van der Waals surface area contributed by atoms with E-state index in [4.69, 9.17) is 21.1 Å². The second-order valence-electron chi connectivity index (χ2n) is 6.79. The van der Waals surface area contributed by atoms with E-state index in [0.29, 0.717) is 31.1 Å². The summed E-state index contributed by atoms with van der Waals surface area (Å²) in [6, 6.07) is 7.46. The molecule has 1 aromatic carbocycles. The molecular weight excluding hydrogens is 364 g/mol. The third-order valence-corrected chi connectivity index (χ3v) is 4.59. The maximum absolute atomic E-state index is 11.7. The number of rotatable bonds is 15. The monoisotopic (exact) mass is 396 g/mol. The second-order valence-corrected chi connectivity index (χ2v) is 7.23. The summed E-state index contributed by atoms with van der Waals surface area (Å²) in [6.45, 7) is 3.03. The highest BCUT2D eigenvalue weighted by Crippen LogP contribution is 2.10. The lowest BCUT2D eigenvalue weighted by Crippen LogP contribution is -2.10. The summed E-state index contributed by atoms with van der Waals surface area (Å²) in [5.74, 6) is -0.501. The van der Waals surface area contributed by atoms with Crippen LogP contribution in [0.1, 0.15) is 76.7 Å². The molecule has 0 aromatic heterocycles. The molecule has 0 amide bonds. The van der Waals surface area contributed by atoms with Crippen molar-refractivity contribution in [2.45, 2.75) is 77.6 Å². The van der Waals surface area contributed by atoms with Crippen LogP contribution in [0.5, 0.6) is 0 Å². The van der Waals surface area contributed by atoms with Crippen molar-refractivity contribution in [3.63, 3.8) is 0 Å².